The second kappa shape index (κ2) is 8.22. The zero-order valence-electron chi connectivity index (χ0n) is 16.0. The summed E-state index contributed by atoms with van der Waals surface area (Å²) in [6.07, 6.45) is 1.29. The molecular formula is C18H19N3O7. The normalized spacial score (nSPS) is 10.0. The van der Waals surface area contributed by atoms with Gasteiger partial charge in [-0.1, -0.05) is 0 Å². The van der Waals surface area contributed by atoms with E-state index < -0.39 is 11.9 Å². The predicted molar refractivity (Wildman–Crippen MR) is 97.2 cm³/mol. The number of carbonyl (C=O) groups is 2. The maximum absolute atomic E-state index is 12.5. The lowest BCUT2D eigenvalue weighted by atomic mass is 10.1. The molecule has 2 aromatic rings. The highest BCUT2D eigenvalue weighted by atomic mass is 16.5. The van der Waals surface area contributed by atoms with Gasteiger partial charge in [0.05, 0.1) is 52.4 Å². The lowest BCUT2D eigenvalue weighted by molar-refractivity contribution is 0.0581. The molecule has 0 aliphatic carbocycles. The Hall–Kier alpha value is -3.87. The summed E-state index contributed by atoms with van der Waals surface area (Å²) in [6.45, 7) is 0. The van der Waals surface area contributed by atoms with Crippen molar-refractivity contribution in [3.05, 3.63) is 29.1 Å². The van der Waals surface area contributed by atoms with Gasteiger partial charge in [-0.3, -0.25) is 0 Å². The quantitative estimate of drug-likeness (QED) is 0.730. The van der Waals surface area contributed by atoms with Crippen LogP contribution in [0.25, 0.3) is 5.69 Å². The number of nitriles is 1. The standard InChI is InChI=1S/C18H19N3O7/c1-24-11-6-10(17(22)27-4)13(16(26-3)15(11)25-2)21-8-9(7-19)12(20)14(21)18(23)28-5/h6,8H,20H2,1-5H3. The number of nitrogens with two attached hydrogens (primary N) is 1. The molecule has 0 saturated carbocycles. The first-order valence-corrected chi connectivity index (χ1v) is 7.80. The van der Waals surface area contributed by atoms with Gasteiger partial charge < -0.3 is 34.0 Å². The monoisotopic (exact) mass is 389 g/mol. The van der Waals surface area contributed by atoms with Crippen LogP contribution in [0.2, 0.25) is 0 Å². The Morgan fingerprint density at radius 2 is 1.61 bits per heavy atom. The molecule has 0 amide bonds. The van der Waals surface area contributed by atoms with Crippen LogP contribution in [0.5, 0.6) is 17.2 Å². The fourth-order valence-electron chi connectivity index (χ4n) is 2.74. The Labute approximate surface area is 160 Å². The van der Waals surface area contributed by atoms with E-state index in [4.69, 9.17) is 29.4 Å². The number of ether oxygens (including phenoxy) is 5. The minimum Gasteiger partial charge on any atom is -0.493 e. The van der Waals surface area contributed by atoms with Crippen molar-refractivity contribution in [3.63, 3.8) is 0 Å². The summed E-state index contributed by atoms with van der Waals surface area (Å²) in [4.78, 5) is 24.8. The number of nitrogen functional groups attached to an aromatic ring is 1. The van der Waals surface area contributed by atoms with Gasteiger partial charge >= 0.3 is 11.9 Å². The van der Waals surface area contributed by atoms with Gasteiger partial charge in [0.2, 0.25) is 5.75 Å². The summed E-state index contributed by atoms with van der Waals surface area (Å²) < 4.78 is 26.9. The highest BCUT2D eigenvalue weighted by molar-refractivity contribution is 6.00. The molecule has 1 heterocycles. The number of esters is 2. The molecule has 28 heavy (non-hydrogen) atoms. The molecule has 10 heteroatoms. The van der Waals surface area contributed by atoms with E-state index in [1.807, 2.05) is 6.07 Å². The Morgan fingerprint density at radius 3 is 2.07 bits per heavy atom. The van der Waals surface area contributed by atoms with E-state index in [1.54, 1.807) is 0 Å². The molecule has 0 aliphatic rings. The van der Waals surface area contributed by atoms with Crippen LogP contribution in [0.3, 0.4) is 0 Å². The van der Waals surface area contributed by atoms with Gasteiger partial charge in [0.25, 0.3) is 0 Å². The third kappa shape index (κ3) is 3.14. The van der Waals surface area contributed by atoms with Crippen molar-refractivity contribution in [1.29, 1.82) is 5.26 Å². The summed E-state index contributed by atoms with van der Waals surface area (Å²) >= 11 is 0. The summed E-state index contributed by atoms with van der Waals surface area (Å²) in [5, 5.41) is 9.33. The molecule has 2 N–H and O–H groups in total. The van der Waals surface area contributed by atoms with E-state index >= 15 is 0 Å². The molecule has 0 radical (unpaired) electrons. The van der Waals surface area contributed by atoms with Gasteiger partial charge in [-0.15, -0.1) is 0 Å². The fraction of sp³-hybridized carbons (Fsp3) is 0.278. The molecule has 0 spiro atoms. The van der Waals surface area contributed by atoms with Crippen molar-refractivity contribution in [2.45, 2.75) is 0 Å². The van der Waals surface area contributed by atoms with Crippen LogP contribution in [0.15, 0.2) is 12.3 Å². The molecule has 0 fully saturated rings. The fourth-order valence-corrected chi connectivity index (χ4v) is 2.74. The summed E-state index contributed by atoms with van der Waals surface area (Å²) in [5.74, 6) is -1.13. The van der Waals surface area contributed by atoms with Crippen molar-refractivity contribution in [2.24, 2.45) is 0 Å². The van der Waals surface area contributed by atoms with E-state index in [0.717, 1.165) is 7.11 Å². The van der Waals surface area contributed by atoms with Gasteiger partial charge in [0.15, 0.2) is 17.2 Å². The largest absolute Gasteiger partial charge is 0.493 e. The summed E-state index contributed by atoms with van der Waals surface area (Å²) in [5.41, 5.74) is 5.75. The minimum atomic E-state index is -0.813. The SMILES string of the molecule is COC(=O)c1cc(OC)c(OC)c(OC)c1-n1cc(C#N)c(N)c1C(=O)OC. The van der Waals surface area contributed by atoms with Gasteiger partial charge in [-0.25, -0.2) is 9.59 Å². The lowest BCUT2D eigenvalue weighted by Crippen LogP contribution is -2.16. The number of anilines is 1. The zero-order chi connectivity index (χ0) is 21.0. The molecule has 0 atom stereocenters. The number of hydrogen-bond acceptors (Lipinski definition) is 9. The van der Waals surface area contributed by atoms with Crippen LogP contribution < -0.4 is 19.9 Å². The first-order valence-electron chi connectivity index (χ1n) is 7.80. The Kier molecular flexibility index (Phi) is 6.00. The molecule has 0 bridgehead atoms. The Bertz CT molecular complexity index is 973. The second-order valence-corrected chi connectivity index (χ2v) is 5.31. The van der Waals surface area contributed by atoms with E-state index in [1.165, 1.54) is 45.3 Å². The third-order valence-corrected chi connectivity index (χ3v) is 3.99. The van der Waals surface area contributed by atoms with Crippen LogP contribution in [-0.4, -0.2) is 52.1 Å². The van der Waals surface area contributed by atoms with Gasteiger partial charge in [0, 0.05) is 12.3 Å². The zero-order valence-corrected chi connectivity index (χ0v) is 16.0. The van der Waals surface area contributed by atoms with Crippen molar-refractivity contribution >= 4 is 17.6 Å². The average Bonchev–Trinajstić information content (AvgIpc) is 3.06. The topological polar surface area (TPSA) is 135 Å². The van der Waals surface area contributed by atoms with Crippen LogP contribution in [0.4, 0.5) is 5.69 Å². The molecule has 0 unspecified atom stereocenters. The molecule has 0 saturated heterocycles. The number of rotatable bonds is 6. The number of nitrogens with zero attached hydrogens (tertiary/aromatic N) is 2. The van der Waals surface area contributed by atoms with Crippen molar-refractivity contribution in [3.8, 4) is 29.0 Å². The lowest BCUT2D eigenvalue weighted by Gasteiger charge is -2.20. The van der Waals surface area contributed by atoms with Crippen molar-refractivity contribution in [2.75, 3.05) is 41.3 Å². The second-order valence-electron chi connectivity index (χ2n) is 5.31. The molecule has 1 aromatic carbocycles. The molecule has 2 rings (SSSR count). The van der Waals surface area contributed by atoms with Gasteiger partial charge in [-0.05, 0) is 0 Å². The van der Waals surface area contributed by atoms with Crippen molar-refractivity contribution in [1.82, 2.24) is 4.57 Å². The predicted octanol–water partition coefficient (Wildman–Crippen LogP) is 1.53. The van der Waals surface area contributed by atoms with Gasteiger partial charge in [0.1, 0.15) is 11.8 Å². The summed E-state index contributed by atoms with van der Waals surface area (Å²) in [6, 6.07) is 3.26. The maximum atomic E-state index is 12.5. The maximum Gasteiger partial charge on any atom is 0.357 e. The Morgan fingerprint density at radius 1 is 1.00 bits per heavy atom. The average molecular weight is 389 g/mol. The van der Waals surface area contributed by atoms with E-state index in [-0.39, 0.29) is 45.4 Å². The molecule has 148 valence electrons. The van der Waals surface area contributed by atoms with E-state index in [9.17, 15) is 14.9 Å². The molecule has 10 nitrogen and oxygen atoms in total. The molecular weight excluding hydrogens is 370 g/mol. The third-order valence-electron chi connectivity index (χ3n) is 3.99. The number of hydrogen-bond donors (Lipinski definition) is 1. The van der Waals surface area contributed by atoms with E-state index in [0.29, 0.717) is 0 Å². The first-order chi connectivity index (χ1) is 13.4. The number of carbonyl (C=O) groups excluding carboxylic acids is 2. The highest BCUT2D eigenvalue weighted by Crippen LogP contribution is 2.45. The van der Waals surface area contributed by atoms with Crippen molar-refractivity contribution < 1.29 is 33.3 Å². The molecule has 0 aliphatic heterocycles. The summed E-state index contributed by atoms with van der Waals surface area (Å²) in [7, 11) is 6.48. The van der Waals surface area contributed by atoms with Gasteiger partial charge in [-0.2, -0.15) is 5.26 Å². The number of aromatic nitrogens is 1. The highest BCUT2D eigenvalue weighted by Gasteiger charge is 2.31. The smallest absolute Gasteiger partial charge is 0.357 e. The van der Waals surface area contributed by atoms with Crippen LogP contribution in [-0.2, 0) is 9.47 Å². The van der Waals surface area contributed by atoms with Crippen LogP contribution >= 0.6 is 0 Å². The Balaban J connectivity index is 3.06. The minimum absolute atomic E-state index is 0.00746. The van der Waals surface area contributed by atoms with Crippen LogP contribution in [0, 0.1) is 11.3 Å². The van der Waals surface area contributed by atoms with E-state index in [2.05, 4.69) is 0 Å². The number of benzene rings is 1. The molecule has 1 aromatic heterocycles. The number of methoxy groups -OCH3 is 5. The van der Waals surface area contributed by atoms with Crippen LogP contribution in [0.1, 0.15) is 26.4 Å². The first kappa shape index (κ1) is 20.4.